The maximum absolute atomic E-state index is 14.0. The fourth-order valence-corrected chi connectivity index (χ4v) is 3.64. The van der Waals surface area contributed by atoms with E-state index in [0.29, 0.717) is 18.1 Å². The lowest BCUT2D eigenvalue weighted by Gasteiger charge is -2.39. The molecule has 0 aliphatic carbocycles. The zero-order valence-corrected chi connectivity index (χ0v) is 11.2. The van der Waals surface area contributed by atoms with Crippen LogP contribution in [0.5, 0.6) is 0 Å². The Bertz CT molecular complexity index is 423. The second-order valence-electron chi connectivity index (χ2n) is 5.12. The Kier molecular flexibility index (Phi) is 2.87. The van der Waals surface area contributed by atoms with Crippen LogP contribution in [0.2, 0.25) is 0 Å². The molecule has 0 spiro atoms. The van der Waals surface area contributed by atoms with Crippen molar-refractivity contribution in [2.24, 2.45) is 5.73 Å². The molecular formula is C13H16BrFN2. The molecule has 0 saturated carbocycles. The smallest absolute Gasteiger partial charge is 0.147 e. The van der Waals surface area contributed by atoms with Crippen LogP contribution in [0, 0.1) is 5.82 Å². The third kappa shape index (κ3) is 1.97. The van der Waals surface area contributed by atoms with Gasteiger partial charge in [0, 0.05) is 22.6 Å². The van der Waals surface area contributed by atoms with E-state index in [4.69, 9.17) is 5.73 Å². The first-order chi connectivity index (χ1) is 8.15. The van der Waals surface area contributed by atoms with E-state index in [2.05, 4.69) is 20.8 Å². The summed E-state index contributed by atoms with van der Waals surface area (Å²) in [4.78, 5) is 2.26. The highest BCUT2D eigenvalue weighted by molar-refractivity contribution is 9.10. The van der Waals surface area contributed by atoms with E-state index in [1.807, 2.05) is 12.1 Å². The first kappa shape index (κ1) is 11.5. The summed E-state index contributed by atoms with van der Waals surface area (Å²) in [6, 6.07) is 6.48. The highest BCUT2D eigenvalue weighted by Gasteiger charge is 2.40. The maximum Gasteiger partial charge on any atom is 0.147 e. The molecule has 1 aromatic rings. The molecule has 2 aliphatic heterocycles. The lowest BCUT2D eigenvalue weighted by atomic mass is 9.97. The Morgan fingerprint density at radius 1 is 1.24 bits per heavy atom. The van der Waals surface area contributed by atoms with Crippen LogP contribution in [0.25, 0.3) is 0 Å². The van der Waals surface area contributed by atoms with Crippen molar-refractivity contribution in [1.29, 1.82) is 0 Å². The van der Waals surface area contributed by atoms with E-state index in [0.717, 1.165) is 35.8 Å². The number of hydrogen-bond donors (Lipinski definition) is 1. The summed E-state index contributed by atoms with van der Waals surface area (Å²) in [5, 5.41) is 0. The predicted molar refractivity (Wildman–Crippen MR) is 70.6 cm³/mol. The summed E-state index contributed by atoms with van der Waals surface area (Å²) in [6.07, 6.45) is 4.28. The molecule has 1 aromatic carbocycles. The van der Waals surface area contributed by atoms with Crippen molar-refractivity contribution in [3.8, 4) is 0 Å². The predicted octanol–water partition coefficient (Wildman–Crippen LogP) is 3.05. The van der Waals surface area contributed by atoms with Crippen molar-refractivity contribution in [2.45, 2.75) is 43.8 Å². The minimum Gasteiger partial charge on any atom is -0.363 e. The monoisotopic (exact) mass is 298 g/mol. The van der Waals surface area contributed by atoms with Crippen molar-refractivity contribution in [3.05, 3.63) is 28.5 Å². The van der Waals surface area contributed by atoms with E-state index in [9.17, 15) is 4.39 Å². The van der Waals surface area contributed by atoms with Gasteiger partial charge >= 0.3 is 0 Å². The number of anilines is 1. The molecule has 2 N–H and O–H groups in total. The normalized spacial score (nSPS) is 31.9. The third-order valence-corrected chi connectivity index (χ3v) is 4.45. The van der Waals surface area contributed by atoms with Crippen LogP contribution in [0.3, 0.4) is 0 Å². The molecule has 2 bridgehead atoms. The Morgan fingerprint density at radius 2 is 1.88 bits per heavy atom. The minimum atomic E-state index is -0.133. The molecule has 3 rings (SSSR count). The molecule has 0 aromatic heterocycles. The van der Waals surface area contributed by atoms with Crippen LogP contribution in [-0.2, 0) is 0 Å². The van der Waals surface area contributed by atoms with Crippen LogP contribution in [0.15, 0.2) is 22.7 Å². The van der Waals surface area contributed by atoms with E-state index >= 15 is 0 Å². The highest BCUT2D eigenvalue weighted by Crippen LogP contribution is 2.40. The zero-order valence-electron chi connectivity index (χ0n) is 9.57. The summed E-state index contributed by atoms with van der Waals surface area (Å²) in [5.74, 6) is -0.133. The van der Waals surface area contributed by atoms with Gasteiger partial charge in [-0.15, -0.1) is 0 Å². The first-order valence-electron chi connectivity index (χ1n) is 6.14. The number of nitrogens with two attached hydrogens (primary N) is 1. The number of halogens is 2. The molecular weight excluding hydrogens is 283 g/mol. The van der Waals surface area contributed by atoms with Crippen LogP contribution in [0.4, 0.5) is 10.1 Å². The van der Waals surface area contributed by atoms with Crippen molar-refractivity contribution >= 4 is 21.6 Å². The first-order valence-corrected chi connectivity index (χ1v) is 6.93. The lowest BCUT2D eigenvalue weighted by Crippen LogP contribution is -2.47. The van der Waals surface area contributed by atoms with Crippen molar-refractivity contribution in [3.63, 3.8) is 0 Å². The molecule has 2 atom stereocenters. The van der Waals surface area contributed by atoms with Crippen LogP contribution < -0.4 is 10.6 Å². The van der Waals surface area contributed by atoms with Gasteiger partial charge in [0.15, 0.2) is 0 Å². The molecule has 2 nitrogen and oxygen atoms in total. The van der Waals surface area contributed by atoms with E-state index < -0.39 is 0 Å². The van der Waals surface area contributed by atoms with Crippen molar-refractivity contribution in [2.75, 3.05) is 4.90 Å². The van der Waals surface area contributed by atoms with Gasteiger partial charge in [0.05, 0.1) is 5.69 Å². The average Bonchev–Trinajstić information content (AvgIpc) is 2.53. The number of rotatable bonds is 1. The van der Waals surface area contributed by atoms with Crippen LogP contribution in [0.1, 0.15) is 25.7 Å². The van der Waals surface area contributed by atoms with Crippen molar-refractivity contribution < 1.29 is 4.39 Å². The number of piperidine rings is 1. The Labute approximate surface area is 109 Å². The van der Waals surface area contributed by atoms with E-state index in [1.165, 1.54) is 0 Å². The van der Waals surface area contributed by atoms with Gasteiger partial charge in [0.25, 0.3) is 0 Å². The van der Waals surface area contributed by atoms with E-state index in [1.54, 1.807) is 6.07 Å². The fourth-order valence-electron chi connectivity index (χ4n) is 3.30. The lowest BCUT2D eigenvalue weighted by molar-refractivity contribution is 0.410. The average molecular weight is 299 g/mol. The Balaban J connectivity index is 1.94. The van der Waals surface area contributed by atoms with Gasteiger partial charge in [-0.3, -0.25) is 0 Å². The summed E-state index contributed by atoms with van der Waals surface area (Å²) in [6.45, 7) is 0. The minimum absolute atomic E-state index is 0.133. The third-order valence-electron chi connectivity index (χ3n) is 3.96. The van der Waals surface area contributed by atoms with Gasteiger partial charge in [-0.05, 0) is 43.9 Å². The number of fused-ring (bicyclic) bond motifs is 2. The topological polar surface area (TPSA) is 29.3 Å². The molecule has 4 heteroatoms. The maximum atomic E-state index is 14.0. The number of nitrogens with zero attached hydrogens (tertiary/aromatic N) is 1. The van der Waals surface area contributed by atoms with Gasteiger partial charge in [-0.25, -0.2) is 4.39 Å². The van der Waals surface area contributed by atoms with E-state index in [-0.39, 0.29) is 5.82 Å². The Hall–Kier alpha value is -0.610. The zero-order chi connectivity index (χ0) is 12.0. The molecule has 2 unspecified atom stereocenters. The number of benzene rings is 1. The summed E-state index contributed by atoms with van der Waals surface area (Å²) in [7, 11) is 0. The van der Waals surface area contributed by atoms with Gasteiger partial charge in [-0.1, -0.05) is 15.9 Å². The fraction of sp³-hybridized carbons (Fsp3) is 0.538. The quantitative estimate of drug-likeness (QED) is 0.863. The van der Waals surface area contributed by atoms with Gasteiger partial charge in [0.1, 0.15) is 5.82 Å². The standard InChI is InChI=1S/C13H16BrFN2/c14-8-1-4-13(12(15)5-8)17-10-2-3-11(17)7-9(16)6-10/h1,4-5,9-11H,2-3,6-7,16H2. The molecule has 0 amide bonds. The van der Waals surface area contributed by atoms with Crippen LogP contribution >= 0.6 is 15.9 Å². The molecule has 0 radical (unpaired) electrons. The largest absolute Gasteiger partial charge is 0.363 e. The SMILES string of the molecule is NC1CC2CCC(C1)N2c1ccc(Br)cc1F. The molecule has 92 valence electrons. The van der Waals surface area contributed by atoms with Gasteiger partial charge in [0.2, 0.25) is 0 Å². The summed E-state index contributed by atoms with van der Waals surface area (Å²) < 4.78 is 14.8. The Morgan fingerprint density at radius 3 is 2.47 bits per heavy atom. The molecule has 2 saturated heterocycles. The highest BCUT2D eigenvalue weighted by atomic mass is 79.9. The number of hydrogen-bond acceptors (Lipinski definition) is 2. The van der Waals surface area contributed by atoms with Crippen molar-refractivity contribution in [1.82, 2.24) is 0 Å². The van der Waals surface area contributed by atoms with Gasteiger partial charge in [-0.2, -0.15) is 0 Å². The molecule has 2 fully saturated rings. The summed E-state index contributed by atoms with van der Waals surface area (Å²) >= 11 is 3.30. The second kappa shape index (κ2) is 4.25. The molecule has 2 heterocycles. The van der Waals surface area contributed by atoms with Gasteiger partial charge < -0.3 is 10.6 Å². The molecule has 2 aliphatic rings. The summed E-state index contributed by atoms with van der Waals surface area (Å²) in [5.41, 5.74) is 6.77. The van der Waals surface area contributed by atoms with Crippen LogP contribution in [-0.4, -0.2) is 18.1 Å². The molecule has 17 heavy (non-hydrogen) atoms. The second-order valence-corrected chi connectivity index (χ2v) is 6.04.